The van der Waals surface area contributed by atoms with Gasteiger partial charge in [-0.3, -0.25) is 9.58 Å². The van der Waals surface area contributed by atoms with E-state index >= 15 is 0 Å². The number of rotatable bonds is 4. The van der Waals surface area contributed by atoms with Gasteiger partial charge in [0.1, 0.15) is 5.82 Å². The van der Waals surface area contributed by atoms with Crippen LogP contribution in [0.1, 0.15) is 42.5 Å². The Bertz CT molecular complexity index is 930. The number of hydrogen-bond acceptors (Lipinski definition) is 6. The van der Waals surface area contributed by atoms with Crippen molar-refractivity contribution in [3.05, 3.63) is 29.6 Å². The highest BCUT2D eigenvalue weighted by Crippen LogP contribution is 2.38. The number of anilines is 1. The Balaban J connectivity index is 1.45. The molecule has 31 heavy (non-hydrogen) atoms. The minimum absolute atomic E-state index is 0.102. The zero-order valence-corrected chi connectivity index (χ0v) is 17.1. The summed E-state index contributed by atoms with van der Waals surface area (Å²) in [6.07, 6.45) is -0.368. The van der Waals surface area contributed by atoms with Crippen LogP contribution in [0.5, 0.6) is 0 Å². The standard InChI is InChI=1S/C21H26F3N5O2/c22-21(23,24)17-7-14(9-26-20(17)25)18-8-19(29(27-18)15-3-6-30-10-15)13-1-4-28(5-2-13)16-11-31-12-16/h7-9,13,15-16H,1-6,10-12H2,(H2,25,26). The highest BCUT2D eigenvalue weighted by atomic mass is 19.4. The molecule has 0 spiro atoms. The van der Waals surface area contributed by atoms with E-state index in [0.717, 1.165) is 57.3 Å². The topological polar surface area (TPSA) is 78.4 Å². The molecule has 2 aromatic heterocycles. The van der Waals surface area contributed by atoms with Crippen LogP contribution in [-0.2, 0) is 15.7 Å². The number of nitrogens with two attached hydrogens (primary N) is 1. The van der Waals surface area contributed by atoms with Crippen LogP contribution >= 0.6 is 0 Å². The number of likely N-dealkylation sites (tertiary alicyclic amines) is 1. The number of halogens is 3. The van der Waals surface area contributed by atoms with Gasteiger partial charge in [-0.15, -0.1) is 0 Å². The van der Waals surface area contributed by atoms with Gasteiger partial charge in [0.15, 0.2) is 0 Å². The summed E-state index contributed by atoms with van der Waals surface area (Å²) >= 11 is 0. The van der Waals surface area contributed by atoms with Crippen molar-refractivity contribution in [3.63, 3.8) is 0 Å². The molecule has 3 fully saturated rings. The molecular weight excluding hydrogens is 411 g/mol. The van der Waals surface area contributed by atoms with Crippen LogP contribution in [0.4, 0.5) is 19.0 Å². The van der Waals surface area contributed by atoms with Gasteiger partial charge in [-0.05, 0) is 44.5 Å². The monoisotopic (exact) mass is 437 g/mol. The van der Waals surface area contributed by atoms with Crippen molar-refractivity contribution in [3.8, 4) is 11.3 Å². The number of aromatic nitrogens is 3. The van der Waals surface area contributed by atoms with E-state index in [-0.39, 0.29) is 6.04 Å². The van der Waals surface area contributed by atoms with Crippen molar-refractivity contribution in [2.24, 2.45) is 0 Å². The molecule has 7 nitrogen and oxygen atoms in total. The summed E-state index contributed by atoms with van der Waals surface area (Å²) in [7, 11) is 0. The van der Waals surface area contributed by atoms with Gasteiger partial charge in [-0.25, -0.2) is 4.98 Å². The first-order valence-electron chi connectivity index (χ1n) is 10.7. The average Bonchev–Trinajstić information content (AvgIpc) is 3.36. The molecule has 1 unspecified atom stereocenters. The molecular formula is C21H26F3N5O2. The highest BCUT2D eigenvalue weighted by molar-refractivity contribution is 5.62. The molecule has 3 saturated heterocycles. The second-order valence-corrected chi connectivity index (χ2v) is 8.57. The molecule has 0 amide bonds. The lowest BCUT2D eigenvalue weighted by Gasteiger charge is -2.41. The number of nitrogens with zero attached hydrogens (tertiary/aromatic N) is 4. The van der Waals surface area contributed by atoms with Crippen molar-refractivity contribution >= 4 is 5.82 Å². The first-order valence-corrected chi connectivity index (χ1v) is 10.7. The summed E-state index contributed by atoms with van der Waals surface area (Å²) in [4.78, 5) is 6.25. The summed E-state index contributed by atoms with van der Waals surface area (Å²) in [5, 5.41) is 4.73. The second-order valence-electron chi connectivity index (χ2n) is 8.57. The van der Waals surface area contributed by atoms with Crippen LogP contribution in [-0.4, -0.2) is 65.2 Å². The van der Waals surface area contributed by atoms with Gasteiger partial charge in [0, 0.05) is 30.0 Å². The molecule has 0 bridgehead atoms. The van der Waals surface area contributed by atoms with Crippen LogP contribution in [0.2, 0.25) is 0 Å². The fourth-order valence-corrected chi connectivity index (χ4v) is 4.70. The Hall–Kier alpha value is -2.17. The summed E-state index contributed by atoms with van der Waals surface area (Å²) in [5.41, 5.74) is 6.43. The van der Waals surface area contributed by atoms with Gasteiger partial charge in [0.05, 0.1) is 43.2 Å². The summed E-state index contributed by atoms with van der Waals surface area (Å²) in [5.74, 6) is -0.213. The maximum atomic E-state index is 13.3. The molecule has 5 heterocycles. The molecule has 0 saturated carbocycles. The van der Waals surface area contributed by atoms with E-state index < -0.39 is 17.6 Å². The molecule has 0 aromatic carbocycles. The first kappa shape index (κ1) is 20.7. The number of piperidine rings is 1. The van der Waals surface area contributed by atoms with Crippen LogP contribution in [0.15, 0.2) is 18.3 Å². The van der Waals surface area contributed by atoms with Crippen molar-refractivity contribution in [1.82, 2.24) is 19.7 Å². The van der Waals surface area contributed by atoms with Gasteiger partial charge in [-0.1, -0.05) is 0 Å². The Morgan fingerprint density at radius 2 is 1.74 bits per heavy atom. The third kappa shape index (κ3) is 4.04. The zero-order valence-electron chi connectivity index (χ0n) is 17.1. The quantitative estimate of drug-likeness (QED) is 0.792. The maximum Gasteiger partial charge on any atom is 0.419 e. The third-order valence-electron chi connectivity index (χ3n) is 6.62. The Labute approximate surface area is 178 Å². The molecule has 2 N–H and O–H groups in total. The van der Waals surface area contributed by atoms with Gasteiger partial charge in [0.25, 0.3) is 0 Å². The van der Waals surface area contributed by atoms with Crippen LogP contribution in [0.25, 0.3) is 11.3 Å². The van der Waals surface area contributed by atoms with Crippen LogP contribution < -0.4 is 5.73 Å². The zero-order chi connectivity index (χ0) is 21.6. The predicted molar refractivity (Wildman–Crippen MR) is 108 cm³/mol. The second kappa shape index (κ2) is 8.07. The molecule has 0 radical (unpaired) electrons. The first-order chi connectivity index (χ1) is 14.9. The van der Waals surface area contributed by atoms with Gasteiger partial charge in [-0.2, -0.15) is 18.3 Å². The van der Waals surface area contributed by atoms with Crippen LogP contribution in [0, 0.1) is 0 Å². The van der Waals surface area contributed by atoms with Gasteiger partial charge < -0.3 is 15.2 Å². The fourth-order valence-electron chi connectivity index (χ4n) is 4.70. The smallest absolute Gasteiger partial charge is 0.383 e. The van der Waals surface area contributed by atoms with E-state index in [2.05, 4.69) is 9.88 Å². The van der Waals surface area contributed by atoms with Crippen molar-refractivity contribution < 1.29 is 22.6 Å². The number of pyridine rings is 1. The normalized spacial score (nSPS) is 23.9. The molecule has 5 rings (SSSR count). The Morgan fingerprint density at radius 1 is 1.00 bits per heavy atom. The third-order valence-corrected chi connectivity index (χ3v) is 6.62. The Morgan fingerprint density at radius 3 is 2.35 bits per heavy atom. The largest absolute Gasteiger partial charge is 0.419 e. The molecule has 10 heteroatoms. The summed E-state index contributed by atoms with van der Waals surface area (Å²) in [6.45, 7) is 4.82. The van der Waals surface area contributed by atoms with E-state index in [1.807, 2.05) is 10.7 Å². The number of ether oxygens (including phenoxy) is 2. The number of hydrogen-bond donors (Lipinski definition) is 1. The molecule has 0 aliphatic carbocycles. The molecule has 3 aliphatic rings. The van der Waals surface area contributed by atoms with Gasteiger partial charge in [0.2, 0.25) is 0 Å². The SMILES string of the molecule is Nc1ncc(-c2cc(C3CCN(C4COC4)CC3)n(C3CCOC3)n2)cc1C(F)(F)F. The van der Waals surface area contributed by atoms with Crippen molar-refractivity contribution in [2.45, 2.75) is 43.4 Å². The van der Waals surface area contributed by atoms with E-state index in [1.54, 1.807) is 0 Å². The van der Waals surface area contributed by atoms with Gasteiger partial charge >= 0.3 is 6.18 Å². The molecule has 168 valence electrons. The maximum absolute atomic E-state index is 13.3. The van der Waals surface area contributed by atoms with E-state index in [9.17, 15) is 13.2 Å². The van der Waals surface area contributed by atoms with E-state index in [1.165, 1.54) is 6.20 Å². The lowest BCUT2D eigenvalue weighted by Crippen LogP contribution is -2.51. The molecule has 3 aliphatic heterocycles. The lowest BCUT2D eigenvalue weighted by atomic mass is 9.91. The Kier molecular flexibility index (Phi) is 5.39. The summed E-state index contributed by atoms with van der Waals surface area (Å²) < 4.78 is 52.8. The number of nitrogen functional groups attached to an aromatic ring is 1. The van der Waals surface area contributed by atoms with E-state index in [4.69, 9.17) is 20.3 Å². The van der Waals surface area contributed by atoms with E-state index in [0.29, 0.717) is 36.4 Å². The lowest BCUT2D eigenvalue weighted by molar-refractivity contribution is -0.137. The van der Waals surface area contributed by atoms with Crippen LogP contribution in [0.3, 0.4) is 0 Å². The predicted octanol–water partition coefficient (Wildman–Crippen LogP) is 3.09. The van der Waals surface area contributed by atoms with Crippen molar-refractivity contribution in [1.29, 1.82) is 0 Å². The fraction of sp³-hybridized carbons (Fsp3) is 0.619. The van der Waals surface area contributed by atoms with Crippen molar-refractivity contribution in [2.75, 3.05) is 45.3 Å². The number of alkyl halides is 3. The molecule has 2 aromatic rings. The average molecular weight is 437 g/mol. The minimum Gasteiger partial charge on any atom is -0.383 e. The highest BCUT2D eigenvalue weighted by Gasteiger charge is 2.35. The summed E-state index contributed by atoms with van der Waals surface area (Å²) in [6, 6.07) is 3.60. The molecule has 1 atom stereocenters. The minimum atomic E-state index is -4.56.